The van der Waals surface area contributed by atoms with E-state index in [4.69, 9.17) is 0 Å². The molecule has 0 aliphatic carbocycles. The zero-order chi connectivity index (χ0) is 12.3. The second kappa shape index (κ2) is 5.23. The predicted octanol–water partition coefficient (Wildman–Crippen LogP) is 3.64. The first-order valence-corrected chi connectivity index (χ1v) is 6.54. The summed E-state index contributed by atoms with van der Waals surface area (Å²) in [6.07, 6.45) is 1.34. The number of hydrogen-bond acceptors (Lipinski definition) is 3. The maximum Gasteiger partial charge on any atom is 0.130 e. The monoisotopic (exact) mass is 245 g/mol. The largest absolute Gasteiger partial charge is 0.300 e. The van der Waals surface area contributed by atoms with Crippen LogP contribution in [0.3, 0.4) is 0 Å². The Bertz CT molecular complexity index is 531. The van der Waals surface area contributed by atoms with Crippen molar-refractivity contribution in [3.63, 3.8) is 0 Å². The molecule has 0 spiro atoms. The van der Waals surface area contributed by atoms with E-state index in [1.165, 1.54) is 11.1 Å². The van der Waals surface area contributed by atoms with Gasteiger partial charge in [-0.15, -0.1) is 11.3 Å². The average Bonchev–Trinajstić information content (AvgIpc) is 2.75. The molecular formula is C14H15NOS. The molecule has 2 nitrogen and oxygen atoms in total. The number of thiazole rings is 1. The molecule has 0 unspecified atom stereocenters. The van der Waals surface area contributed by atoms with Gasteiger partial charge in [-0.05, 0) is 19.4 Å². The number of ketones is 1. The van der Waals surface area contributed by atoms with E-state index in [1.807, 2.05) is 12.1 Å². The first kappa shape index (κ1) is 12.0. The molecule has 3 heteroatoms. The van der Waals surface area contributed by atoms with Gasteiger partial charge >= 0.3 is 0 Å². The van der Waals surface area contributed by atoms with Gasteiger partial charge < -0.3 is 4.79 Å². The lowest BCUT2D eigenvalue weighted by atomic mass is 10.1. The molecular weight excluding hydrogens is 230 g/mol. The van der Waals surface area contributed by atoms with Gasteiger partial charge in [0, 0.05) is 23.8 Å². The summed E-state index contributed by atoms with van der Waals surface area (Å²) in [5, 5.41) is 3.11. The molecule has 1 aromatic heterocycles. The molecule has 0 atom stereocenters. The van der Waals surface area contributed by atoms with Crippen LogP contribution in [0, 0.1) is 6.92 Å². The molecule has 2 rings (SSSR count). The molecule has 0 N–H and O–H groups in total. The molecule has 88 valence electrons. The van der Waals surface area contributed by atoms with Gasteiger partial charge in [-0.3, -0.25) is 0 Å². The van der Waals surface area contributed by atoms with Crippen molar-refractivity contribution in [2.24, 2.45) is 0 Å². The summed E-state index contributed by atoms with van der Waals surface area (Å²) in [5.74, 6) is 0.220. The van der Waals surface area contributed by atoms with Gasteiger partial charge in [0.25, 0.3) is 0 Å². The summed E-state index contributed by atoms with van der Waals surface area (Å²) < 4.78 is 0. The van der Waals surface area contributed by atoms with Crippen LogP contribution in [0.4, 0.5) is 0 Å². The van der Waals surface area contributed by atoms with E-state index in [1.54, 1.807) is 18.3 Å². The topological polar surface area (TPSA) is 30.0 Å². The number of aromatic nitrogens is 1. The molecule has 0 amide bonds. The molecule has 1 heterocycles. The van der Waals surface area contributed by atoms with Crippen molar-refractivity contribution < 1.29 is 4.79 Å². The Morgan fingerprint density at radius 2 is 2.12 bits per heavy atom. The highest BCUT2D eigenvalue weighted by atomic mass is 32.1. The lowest BCUT2D eigenvalue weighted by Crippen LogP contribution is -1.93. The summed E-state index contributed by atoms with van der Waals surface area (Å²) in [7, 11) is 0. The number of nitrogens with zero attached hydrogens (tertiary/aromatic N) is 1. The fraction of sp³-hybridized carbons (Fsp3) is 0.286. The van der Waals surface area contributed by atoms with Gasteiger partial charge in [-0.2, -0.15) is 0 Å². The van der Waals surface area contributed by atoms with Crippen molar-refractivity contribution in [1.82, 2.24) is 4.98 Å². The van der Waals surface area contributed by atoms with Crippen LogP contribution in [0.15, 0.2) is 29.6 Å². The molecule has 17 heavy (non-hydrogen) atoms. The number of hydrogen-bond donors (Lipinski definition) is 0. The smallest absolute Gasteiger partial charge is 0.130 e. The summed E-state index contributed by atoms with van der Waals surface area (Å²) in [4.78, 5) is 15.5. The van der Waals surface area contributed by atoms with Crippen LogP contribution in [-0.4, -0.2) is 10.8 Å². The van der Waals surface area contributed by atoms with Crippen molar-refractivity contribution in [1.29, 1.82) is 0 Å². The molecule has 0 aliphatic heterocycles. The van der Waals surface area contributed by atoms with Crippen LogP contribution in [0.25, 0.3) is 11.3 Å². The zero-order valence-electron chi connectivity index (χ0n) is 10.1. The third-order valence-electron chi connectivity index (χ3n) is 2.66. The van der Waals surface area contributed by atoms with E-state index >= 15 is 0 Å². The Morgan fingerprint density at radius 1 is 1.35 bits per heavy atom. The molecule has 0 saturated carbocycles. The van der Waals surface area contributed by atoms with Crippen LogP contribution < -0.4 is 0 Å². The van der Waals surface area contributed by atoms with Gasteiger partial charge in [-0.25, -0.2) is 4.98 Å². The second-order valence-corrected chi connectivity index (χ2v) is 5.09. The van der Waals surface area contributed by atoms with Crippen LogP contribution in [0.5, 0.6) is 0 Å². The Morgan fingerprint density at radius 3 is 2.82 bits per heavy atom. The number of carbonyl (C=O) groups is 1. The van der Waals surface area contributed by atoms with Crippen molar-refractivity contribution in [3.8, 4) is 11.3 Å². The maximum atomic E-state index is 10.9. The fourth-order valence-corrected chi connectivity index (χ4v) is 2.49. The molecule has 0 saturated heterocycles. The number of benzene rings is 1. The zero-order valence-corrected chi connectivity index (χ0v) is 10.9. The highest BCUT2D eigenvalue weighted by molar-refractivity contribution is 7.09. The molecule has 2 aromatic rings. The highest BCUT2D eigenvalue weighted by Gasteiger charge is 2.07. The summed E-state index contributed by atoms with van der Waals surface area (Å²) in [6, 6.07) is 8.22. The van der Waals surface area contributed by atoms with Gasteiger partial charge in [0.15, 0.2) is 0 Å². The Balaban J connectivity index is 2.18. The lowest BCUT2D eigenvalue weighted by Gasteiger charge is -2.00. The van der Waals surface area contributed by atoms with Crippen LogP contribution in [0.1, 0.15) is 23.9 Å². The molecule has 1 aromatic carbocycles. The fourth-order valence-electron chi connectivity index (χ4n) is 1.69. The highest BCUT2D eigenvalue weighted by Crippen LogP contribution is 2.25. The minimum Gasteiger partial charge on any atom is -0.300 e. The summed E-state index contributed by atoms with van der Waals surface area (Å²) in [6.45, 7) is 3.71. The molecule has 0 bridgehead atoms. The normalized spacial score (nSPS) is 10.5. The SMILES string of the molecule is CC(=O)CCc1nc(-c2ccccc2C)cs1. The second-order valence-electron chi connectivity index (χ2n) is 4.14. The van der Waals surface area contributed by atoms with Gasteiger partial charge in [-0.1, -0.05) is 24.3 Å². The Labute approximate surface area is 105 Å². The number of aryl methyl sites for hydroxylation is 2. The summed E-state index contributed by atoms with van der Waals surface area (Å²) in [5.41, 5.74) is 3.43. The minimum atomic E-state index is 0.220. The number of rotatable bonds is 4. The molecule has 0 aliphatic rings. The standard InChI is InChI=1S/C14H15NOS/c1-10-5-3-4-6-12(10)13-9-17-14(15-13)8-7-11(2)16/h3-6,9H,7-8H2,1-2H3. The van der Waals surface area contributed by atoms with E-state index in [-0.39, 0.29) is 5.78 Å². The van der Waals surface area contributed by atoms with Crippen molar-refractivity contribution in [2.45, 2.75) is 26.7 Å². The van der Waals surface area contributed by atoms with Crippen LogP contribution in [-0.2, 0) is 11.2 Å². The van der Waals surface area contributed by atoms with Crippen molar-refractivity contribution in [2.75, 3.05) is 0 Å². The van der Waals surface area contributed by atoms with E-state index in [2.05, 4.69) is 29.4 Å². The van der Waals surface area contributed by atoms with E-state index in [0.717, 1.165) is 17.1 Å². The molecule has 0 fully saturated rings. The summed E-state index contributed by atoms with van der Waals surface area (Å²) >= 11 is 1.63. The Hall–Kier alpha value is -1.48. The average molecular weight is 245 g/mol. The maximum absolute atomic E-state index is 10.9. The van der Waals surface area contributed by atoms with Gasteiger partial charge in [0.2, 0.25) is 0 Å². The van der Waals surface area contributed by atoms with Crippen LogP contribution >= 0.6 is 11.3 Å². The van der Waals surface area contributed by atoms with Crippen LogP contribution in [0.2, 0.25) is 0 Å². The number of Topliss-reactive ketones (excluding diaryl/α,β-unsaturated/α-hetero) is 1. The molecule has 0 radical (unpaired) electrons. The van der Waals surface area contributed by atoms with Crippen molar-refractivity contribution in [3.05, 3.63) is 40.2 Å². The van der Waals surface area contributed by atoms with E-state index in [0.29, 0.717) is 6.42 Å². The van der Waals surface area contributed by atoms with E-state index < -0.39 is 0 Å². The third-order valence-corrected chi connectivity index (χ3v) is 3.57. The van der Waals surface area contributed by atoms with E-state index in [9.17, 15) is 4.79 Å². The van der Waals surface area contributed by atoms with Gasteiger partial charge in [0.1, 0.15) is 5.78 Å². The predicted molar refractivity (Wildman–Crippen MR) is 71.3 cm³/mol. The lowest BCUT2D eigenvalue weighted by molar-refractivity contribution is -0.116. The first-order chi connectivity index (χ1) is 8.16. The quantitative estimate of drug-likeness (QED) is 0.823. The first-order valence-electron chi connectivity index (χ1n) is 5.66. The minimum absolute atomic E-state index is 0.220. The third kappa shape index (κ3) is 3.01. The Kier molecular flexibility index (Phi) is 3.69. The van der Waals surface area contributed by atoms with Crippen molar-refractivity contribution >= 4 is 17.1 Å². The van der Waals surface area contributed by atoms with Gasteiger partial charge in [0.05, 0.1) is 10.7 Å². The number of carbonyl (C=O) groups excluding carboxylic acids is 1.